The third-order valence-electron chi connectivity index (χ3n) is 4.36. The van der Waals surface area contributed by atoms with Gasteiger partial charge in [0.1, 0.15) is 0 Å². The van der Waals surface area contributed by atoms with Gasteiger partial charge in [0.25, 0.3) is 0 Å². The van der Waals surface area contributed by atoms with Crippen LogP contribution in [0.25, 0.3) is 10.8 Å². The Labute approximate surface area is 154 Å². The molecule has 0 aliphatic heterocycles. The van der Waals surface area contributed by atoms with Crippen LogP contribution in [0.4, 0.5) is 0 Å². The van der Waals surface area contributed by atoms with Crippen LogP contribution in [0.5, 0.6) is 0 Å². The topological polar surface area (TPSA) is 0 Å². The second kappa shape index (κ2) is 8.46. The third kappa shape index (κ3) is 4.33. The molecule has 2 aromatic rings. The average Bonchev–Trinajstić information content (AvgIpc) is 3.14. The van der Waals surface area contributed by atoms with E-state index in [4.69, 9.17) is 0 Å². The van der Waals surface area contributed by atoms with Crippen molar-refractivity contribution in [2.45, 2.75) is 12.8 Å². The Morgan fingerprint density at radius 1 is 1.09 bits per heavy atom. The minimum atomic E-state index is 0. The molecule has 4 rings (SSSR count). The Balaban J connectivity index is 0.000000159. The van der Waals surface area contributed by atoms with Gasteiger partial charge in [-0.3, -0.25) is 0 Å². The van der Waals surface area contributed by atoms with Crippen molar-refractivity contribution in [3.63, 3.8) is 0 Å². The first-order valence-electron chi connectivity index (χ1n) is 7.75. The van der Waals surface area contributed by atoms with Gasteiger partial charge in [-0.15, -0.1) is 60.3 Å². The average molecular weight is 473 g/mol. The fourth-order valence-electron chi connectivity index (χ4n) is 3.09. The molecule has 2 aliphatic carbocycles. The molecule has 0 radical (unpaired) electrons. The molecular formula is C20H23HfP-2. The van der Waals surface area contributed by atoms with Crippen molar-refractivity contribution in [2.75, 3.05) is 13.3 Å². The first-order valence-corrected chi connectivity index (χ1v) is 9.99. The zero-order valence-electron chi connectivity index (χ0n) is 13.4. The standard InChI is InChI=1S/C11H12P.C9H11.Hf/c1-12(2)11-7-9-5-3-4-6-10(9)8-11;1-2-5-9-7-3-6-8(9)4-1;/h3-8H,1-2H3;1-2,4-6,8-9H,3,7H2;/q2*-1;. The Bertz CT molecular complexity index is 600. The van der Waals surface area contributed by atoms with Crippen molar-refractivity contribution in [1.29, 1.82) is 0 Å². The van der Waals surface area contributed by atoms with Crippen LogP contribution in [0.3, 0.4) is 0 Å². The van der Waals surface area contributed by atoms with Crippen molar-refractivity contribution >= 4 is 24.0 Å². The van der Waals surface area contributed by atoms with Crippen molar-refractivity contribution in [2.24, 2.45) is 11.8 Å². The summed E-state index contributed by atoms with van der Waals surface area (Å²) < 4.78 is 0. The Hall–Kier alpha value is -0.390. The first-order chi connectivity index (χ1) is 10.2. The van der Waals surface area contributed by atoms with Gasteiger partial charge in [0.15, 0.2) is 0 Å². The van der Waals surface area contributed by atoms with Crippen molar-refractivity contribution in [3.05, 3.63) is 67.1 Å². The first kappa shape index (κ1) is 18.0. The van der Waals surface area contributed by atoms with Crippen LogP contribution in [0.2, 0.25) is 0 Å². The van der Waals surface area contributed by atoms with E-state index in [-0.39, 0.29) is 33.8 Å². The Morgan fingerprint density at radius 3 is 2.59 bits per heavy atom. The largest absolute Gasteiger partial charge is 0.321 e. The molecule has 0 spiro atoms. The van der Waals surface area contributed by atoms with Gasteiger partial charge in [0, 0.05) is 25.8 Å². The van der Waals surface area contributed by atoms with Gasteiger partial charge >= 0.3 is 0 Å². The van der Waals surface area contributed by atoms with Crippen LogP contribution in [-0.2, 0) is 25.8 Å². The number of hydrogen-bond donors (Lipinski definition) is 0. The molecule has 0 heterocycles. The molecule has 0 nitrogen and oxygen atoms in total. The molecule has 0 aromatic heterocycles. The van der Waals surface area contributed by atoms with Crippen LogP contribution in [0, 0.1) is 18.3 Å². The van der Waals surface area contributed by atoms with Gasteiger partial charge in [-0.05, 0) is 19.2 Å². The summed E-state index contributed by atoms with van der Waals surface area (Å²) in [6.45, 7) is 4.59. The number of allylic oxidation sites excluding steroid dienone is 4. The summed E-state index contributed by atoms with van der Waals surface area (Å²) in [7, 11) is 0.0576. The molecule has 0 saturated heterocycles. The minimum absolute atomic E-state index is 0. The van der Waals surface area contributed by atoms with E-state index in [2.05, 4.69) is 80.5 Å². The van der Waals surface area contributed by atoms with Gasteiger partial charge in [-0.25, -0.2) is 0 Å². The van der Waals surface area contributed by atoms with Crippen LogP contribution in [0.1, 0.15) is 12.8 Å². The molecule has 2 aliphatic rings. The Kier molecular flexibility index (Phi) is 6.90. The van der Waals surface area contributed by atoms with E-state index in [1.54, 1.807) is 0 Å². The molecule has 2 atom stereocenters. The number of hydrogen-bond acceptors (Lipinski definition) is 0. The molecule has 114 valence electrons. The summed E-state index contributed by atoms with van der Waals surface area (Å²) in [6, 6.07) is 13.2. The maximum absolute atomic E-state index is 2.42. The van der Waals surface area contributed by atoms with E-state index in [1.165, 1.54) is 28.9 Å². The van der Waals surface area contributed by atoms with Crippen molar-refractivity contribution in [1.82, 2.24) is 0 Å². The molecule has 2 aromatic carbocycles. The van der Waals surface area contributed by atoms with Crippen LogP contribution < -0.4 is 5.30 Å². The quantitative estimate of drug-likeness (QED) is 0.301. The second-order valence-electron chi connectivity index (χ2n) is 6.06. The second-order valence-corrected chi connectivity index (χ2v) is 8.37. The summed E-state index contributed by atoms with van der Waals surface area (Å²) in [5.41, 5.74) is 0. The fraction of sp³-hybridized carbons (Fsp3) is 0.300. The fourth-order valence-corrected chi connectivity index (χ4v) is 3.88. The predicted octanol–water partition coefficient (Wildman–Crippen LogP) is 5.27. The summed E-state index contributed by atoms with van der Waals surface area (Å²) in [4.78, 5) is 0. The molecule has 0 amide bonds. The van der Waals surface area contributed by atoms with Gasteiger partial charge in [-0.1, -0.05) is 30.7 Å². The predicted molar refractivity (Wildman–Crippen MR) is 96.7 cm³/mol. The molecule has 2 unspecified atom stereocenters. The van der Waals surface area contributed by atoms with Crippen LogP contribution in [-0.4, -0.2) is 13.3 Å². The molecule has 2 heteroatoms. The smallest absolute Gasteiger partial charge is 0 e. The third-order valence-corrected chi connectivity index (χ3v) is 5.65. The Morgan fingerprint density at radius 2 is 1.86 bits per heavy atom. The molecule has 1 fully saturated rings. The number of fused-ring (bicyclic) bond motifs is 2. The van der Waals surface area contributed by atoms with E-state index in [9.17, 15) is 0 Å². The van der Waals surface area contributed by atoms with Crippen LogP contribution >= 0.6 is 7.92 Å². The monoisotopic (exact) mass is 474 g/mol. The van der Waals surface area contributed by atoms with Gasteiger partial charge in [0.05, 0.1) is 0 Å². The summed E-state index contributed by atoms with van der Waals surface area (Å²) in [5, 5.41) is 4.26. The van der Waals surface area contributed by atoms with Gasteiger partial charge in [-0.2, -0.15) is 12.5 Å². The molecule has 0 N–H and O–H groups in total. The van der Waals surface area contributed by atoms with Gasteiger partial charge in [0.2, 0.25) is 0 Å². The van der Waals surface area contributed by atoms with Gasteiger partial charge < -0.3 is 6.42 Å². The van der Waals surface area contributed by atoms with Crippen molar-refractivity contribution in [3.8, 4) is 0 Å². The molecular weight excluding hydrogens is 450 g/mol. The number of rotatable bonds is 1. The molecule has 1 saturated carbocycles. The van der Waals surface area contributed by atoms with E-state index in [0.29, 0.717) is 0 Å². The van der Waals surface area contributed by atoms with Crippen LogP contribution in [0.15, 0.2) is 60.7 Å². The number of benzene rings is 1. The molecule has 22 heavy (non-hydrogen) atoms. The summed E-state index contributed by atoms with van der Waals surface area (Å²) >= 11 is 0. The van der Waals surface area contributed by atoms with Crippen molar-refractivity contribution < 1.29 is 25.8 Å². The van der Waals surface area contributed by atoms with E-state index >= 15 is 0 Å². The summed E-state index contributed by atoms with van der Waals surface area (Å²) in [6.07, 6.45) is 14.1. The van der Waals surface area contributed by atoms with E-state index in [0.717, 1.165) is 11.8 Å². The summed E-state index contributed by atoms with van der Waals surface area (Å²) in [5.74, 6) is 1.62. The zero-order chi connectivity index (χ0) is 14.7. The maximum Gasteiger partial charge on any atom is 0 e. The minimum Gasteiger partial charge on any atom is -0.321 e. The molecule has 0 bridgehead atoms. The zero-order valence-corrected chi connectivity index (χ0v) is 17.9. The normalized spacial score (nSPS) is 22.1. The SMILES string of the molecule is C1=CC2[CH-]CCC2C=C1.CP(C)c1cc2ccccc2[cH-]1.[Hf]. The van der Waals surface area contributed by atoms with E-state index < -0.39 is 0 Å². The van der Waals surface area contributed by atoms with E-state index in [1.807, 2.05) is 0 Å². The maximum atomic E-state index is 2.42.